The molecule has 0 saturated heterocycles. The van der Waals surface area contributed by atoms with Crippen LogP contribution >= 0.6 is 0 Å². The highest BCUT2D eigenvalue weighted by Crippen LogP contribution is 2.36. The van der Waals surface area contributed by atoms with E-state index in [9.17, 15) is 25.9 Å². The topological polar surface area (TPSA) is 161 Å². The van der Waals surface area contributed by atoms with Crippen molar-refractivity contribution in [3.05, 3.63) is 84.2 Å². The molecule has 0 radical (unpaired) electrons. The van der Waals surface area contributed by atoms with Crippen LogP contribution in [0, 0.1) is 13.8 Å². The number of nitrogens with zero attached hydrogens (tertiary/aromatic N) is 2. The molecule has 0 aliphatic rings. The predicted octanol–water partition coefficient (Wildman–Crippen LogP) is 5.44. The van der Waals surface area contributed by atoms with Crippen molar-refractivity contribution < 1.29 is 34.8 Å². The summed E-state index contributed by atoms with van der Waals surface area (Å²) in [5, 5.41) is 0. The van der Waals surface area contributed by atoms with Crippen molar-refractivity contribution in [1.29, 1.82) is 0 Å². The van der Waals surface area contributed by atoms with Crippen LogP contribution in [0.4, 0.5) is 0 Å². The van der Waals surface area contributed by atoms with Crippen molar-refractivity contribution in [2.45, 2.75) is 23.6 Å². The van der Waals surface area contributed by atoms with Crippen LogP contribution in [-0.2, 0) is 20.2 Å². The maximum absolute atomic E-state index is 11.8. The fraction of sp³-hybridized carbons (Fsp3) is 0.0769. The lowest BCUT2D eigenvalue weighted by molar-refractivity contribution is 0.480. The second-order valence-electron chi connectivity index (χ2n) is 8.39. The standard InChI is InChI=1S/C26H20N2O8S2/c1-15-23(19-7-3-5-9-21(19)37(29,30)31)35-25(27-15)17-11-13-18(14-12-17)26-28-16(2)24(36-26)20-8-4-6-10-22(20)38(32,33)34/h3-14H,1-2H3,(H,29,30,31)(H,32,33,34). The zero-order valence-electron chi connectivity index (χ0n) is 20.0. The molecule has 0 unspecified atom stereocenters. The molecule has 3 aromatic carbocycles. The van der Waals surface area contributed by atoms with E-state index in [2.05, 4.69) is 9.97 Å². The third-order valence-corrected chi connectivity index (χ3v) is 7.61. The molecule has 2 N–H and O–H groups in total. The van der Waals surface area contributed by atoms with Gasteiger partial charge in [-0.2, -0.15) is 16.8 Å². The summed E-state index contributed by atoms with van der Waals surface area (Å²) >= 11 is 0. The van der Waals surface area contributed by atoms with Gasteiger partial charge in [0.2, 0.25) is 11.8 Å². The first kappa shape index (κ1) is 25.5. The maximum atomic E-state index is 11.8. The van der Waals surface area contributed by atoms with Gasteiger partial charge < -0.3 is 8.83 Å². The van der Waals surface area contributed by atoms with E-state index >= 15 is 0 Å². The molecule has 0 aliphatic carbocycles. The Bertz CT molecular complexity index is 1750. The third-order valence-electron chi connectivity index (χ3n) is 5.79. The highest BCUT2D eigenvalue weighted by molar-refractivity contribution is 7.86. The van der Waals surface area contributed by atoms with Crippen LogP contribution in [0.3, 0.4) is 0 Å². The fourth-order valence-electron chi connectivity index (χ4n) is 4.05. The van der Waals surface area contributed by atoms with Crippen LogP contribution < -0.4 is 0 Å². The van der Waals surface area contributed by atoms with Gasteiger partial charge in [0.05, 0.1) is 11.4 Å². The monoisotopic (exact) mass is 552 g/mol. The van der Waals surface area contributed by atoms with Gasteiger partial charge in [-0.15, -0.1) is 0 Å². The average Bonchev–Trinajstić information content (AvgIpc) is 3.45. The van der Waals surface area contributed by atoms with Gasteiger partial charge in [-0.3, -0.25) is 9.11 Å². The minimum absolute atomic E-state index is 0.191. The van der Waals surface area contributed by atoms with Crippen LogP contribution in [0.2, 0.25) is 0 Å². The Kier molecular flexibility index (Phi) is 6.27. The molecule has 2 heterocycles. The molecule has 12 heteroatoms. The first-order valence-electron chi connectivity index (χ1n) is 11.1. The Balaban J connectivity index is 1.49. The summed E-state index contributed by atoms with van der Waals surface area (Å²) in [7, 11) is -8.95. The highest BCUT2D eigenvalue weighted by Gasteiger charge is 2.23. The number of hydrogen-bond donors (Lipinski definition) is 2. The van der Waals surface area contributed by atoms with Gasteiger partial charge >= 0.3 is 0 Å². The lowest BCUT2D eigenvalue weighted by atomic mass is 10.1. The molecule has 5 aromatic rings. The van der Waals surface area contributed by atoms with E-state index in [-0.39, 0.29) is 44.2 Å². The van der Waals surface area contributed by atoms with Crippen molar-refractivity contribution in [1.82, 2.24) is 9.97 Å². The first-order valence-corrected chi connectivity index (χ1v) is 14.0. The van der Waals surface area contributed by atoms with Gasteiger partial charge in [0.15, 0.2) is 11.5 Å². The zero-order valence-corrected chi connectivity index (χ0v) is 21.6. The Labute approximate surface area is 218 Å². The number of aromatic nitrogens is 2. The molecule has 0 atom stereocenters. The Morgan fingerprint density at radius 3 is 1.26 bits per heavy atom. The quantitative estimate of drug-likeness (QED) is 0.259. The lowest BCUT2D eigenvalue weighted by Gasteiger charge is -2.04. The summed E-state index contributed by atoms with van der Waals surface area (Å²) in [4.78, 5) is 8.25. The Morgan fingerprint density at radius 1 is 0.579 bits per heavy atom. The minimum atomic E-state index is -4.48. The number of benzene rings is 3. The number of oxazole rings is 2. The summed E-state index contributed by atoms with van der Waals surface area (Å²) in [5.74, 6) is 0.895. The van der Waals surface area contributed by atoms with E-state index in [1.165, 1.54) is 36.4 Å². The SMILES string of the molecule is Cc1nc(-c2ccc(-c3nc(C)c(-c4ccccc4S(=O)(=O)O)o3)cc2)oc1-c1ccccc1S(=O)(=O)O. The largest absolute Gasteiger partial charge is 0.436 e. The van der Waals surface area contributed by atoms with Crippen molar-refractivity contribution in [2.75, 3.05) is 0 Å². The van der Waals surface area contributed by atoms with Crippen molar-refractivity contribution in [3.8, 4) is 45.6 Å². The molecule has 10 nitrogen and oxygen atoms in total. The van der Waals surface area contributed by atoms with Crippen LogP contribution in [0.15, 0.2) is 91.4 Å². The summed E-state index contributed by atoms with van der Waals surface area (Å²) < 4.78 is 78.2. The predicted molar refractivity (Wildman–Crippen MR) is 137 cm³/mol. The summed E-state index contributed by atoms with van der Waals surface area (Å²) in [6, 6.07) is 18.7. The molecule has 38 heavy (non-hydrogen) atoms. The molecule has 2 aromatic heterocycles. The van der Waals surface area contributed by atoms with Gasteiger partial charge in [0, 0.05) is 22.3 Å². The molecule has 0 saturated carbocycles. The molecule has 5 rings (SSSR count). The molecular formula is C26H20N2O8S2. The second kappa shape index (κ2) is 9.33. The third kappa shape index (κ3) is 4.77. The molecular weight excluding hydrogens is 532 g/mol. The normalized spacial score (nSPS) is 12.1. The summed E-state index contributed by atoms with van der Waals surface area (Å²) in [6.45, 7) is 3.33. The smallest absolute Gasteiger partial charge is 0.295 e. The van der Waals surface area contributed by atoms with Gasteiger partial charge in [0.1, 0.15) is 9.79 Å². The minimum Gasteiger partial charge on any atom is -0.436 e. The van der Waals surface area contributed by atoms with E-state index < -0.39 is 20.2 Å². The van der Waals surface area contributed by atoms with E-state index in [4.69, 9.17) is 8.83 Å². The van der Waals surface area contributed by atoms with Crippen LogP contribution in [0.25, 0.3) is 45.6 Å². The molecule has 0 amide bonds. The van der Waals surface area contributed by atoms with E-state index in [1.54, 1.807) is 50.2 Å². The average molecular weight is 553 g/mol. The highest BCUT2D eigenvalue weighted by atomic mass is 32.2. The van der Waals surface area contributed by atoms with E-state index in [1.807, 2.05) is 0 Å². The van der Waals surface area contributed by atoms with Crippen molar-refractivity contribution >= 4 is 20.2 Å². The van der Waals surface area contributed by atoms with Crippen LogP contribution in [0.5, 0.6) is 0 Å². The number of hydrogen-bond acceptors (Lipinski definition) is 8. The second-order valence-corrected chi connectivity index (χ2v) is 11.2. The van der Waals surface area contributed by atoms with Crippen molar-refractivity contribution in [2.24, 2.45) is 0 Å². The molecule has 0 fully saturated rings. The van der Waals surface area contributed by atoms with Crippen LogP contribution in [0.1, 0.15) is 11.4 Å². The molecule has 0 spiro atoms. The van der Waals surface area contributed by atoms with Gasteiger partial charge in [0.25, 0.3) is 20.2 Å². The van der Waals surface area contributed by atoms with Crippen LogP contribution in [-0.4, -0.2) is 35.9 Å². The lowest BCUT2D eigenvalue weighted by Crippen LogP contribution is -2.00. The van der Waals surface area contributed by atoms with E-state index in [0.717, 1.165) is 0 Å². The molecule has 0 aliphatic heterocycles. The summed E-state index contributed by atoms with van der Waals surface area (Å²) in [5.41, 5.74) is 2.43. The fourth-order valence-corrected chi connectivity index (χ4v) is 5.43. The molecule has 0 bridgehead atoms. The maximum Gasteiger partial charge on any atom is 0.295 e. The molecule has 194 valence electrons. The van der Waals surface area contributed by atoms with Gasteiger partial charge in [-0.05, 0) is 62.4 Å². The van der Waals surface area contributed by atoms with Gasteiger partial charge in [-0.25, -0.2) is 9.97 Å². The summed E-state index contributed by atoms with van der Waals surface area (Å²) in [6.07, 6.45) is 0. The van der Waals surface area contributed by atoms with E-state index in [0.29, 0.717) is 22.5 Å². The van der Waals surface area contributed by atoms with Gasteiger partial charge in [-0.1, -0.05) is 24.3 Å². The Hall–Kier alpha value is -4.10. The zero-order chi connectivity index (χ0) is 27.2. The number of aryl methyl sites for hydroxylation is 2. The Morgan fingerprint density at radius 2 is 0.921 bits per heavy atom. The first-order chi connectivity index (χ1) is 17.9. The number of rotatable bonds is 6. The van der Waals surface area contributed by atoms with Crippen molar-refractivity contribution in [3.63, 3.8) is 0 Å².